The molecule has 0 saturated heterocycles. The van der Waals surface area contributed by atoms with Crippen LogP contribution in [0.3, 0.4) is 0 Å². The van der Waals surface area contributed by atoms with Crippen LogP contribution in [-0.4, -0.2) is 29.6 Å². The summed E-state index contributed by atoms with van der Waals surface area (Å²) in [5.41, 5.74) is 0.196. The fraction of sp³-hybridized carbons (Fsp3) is 0.810. The van der Waals surface area contributed by atoms with Crippen molar-refractivity contribution in [3.05, 3.63) is 11.6 Å². The zero-order valence-corrected chi connectivity index (χ0v) is 15.6. The van der Waals surface area contributed by atoms with Crippen molar-refractivity contribution in [2.75, 3.05) is 7.11 Å². The Morgan fingerprint density at radius 3 is 2.52 bits per heavy atom. The average Bonchev–Trinajstić information content (AvgIpc) is 2.89. The predicted molar refractivity (Wildman–Crippen MR) is 94.1 cm³/mol. The molecule has 3 fully saturated rings. The van der Waals surface area contributed by atoms with E-state index in [1.54, 1.807) is 7.11 Å². The lowest BCUT2D eigenvalue weighted by Crippen LogP contribution is -2.58. The second-order valence-corrected chi connectivity index (χ2v) is 9.30. The van der Waals surface area contributed by atoms with Crippen LogP contribution in [0.2, 0.25) is 0 Å². The van der Waals surface area contributed by atoms with E-state index in [1.807, 2.05) is 6.08 Å². The van der Waals surface area contributed by atoms with Gasteiger partial charge in [-0.1, -0.05) is 19.4 Å². The fourth-order valence-electron chi connectivity index (χ4n) is 7.33. The van der Waals surface area contributed by atoms with Gasteiger partial charge < -0.3 is 9.84 Å². The Labute approximate surface area is 150 Å². The molecule has 0 bridgehead atoms. The number of hydrogen-bond acceptors (Lipinski definition) is 3. The van der Waals surface area contributed by atoms with E-state index < -0.39 is 11.6 Å². The molecule has 3 saturated carbocycles. The smallest absolute Gasteiger partial charge is 0.336 e. The molecule has 25 heavy (non-hydrogen) atoms. The minimum Gasteiger partial charge on any atom is -0.479 e. The van der Waals surface area contributed by atoms with Crippen molar-refractivity contribution in [2.24, 2.45) is 28.6 Å². The van der Waals surface area contributed by atoms with E-state index in [9.17, 15) is 14.7 Å². The number of rotatable bonds is 2. The lowest BCUT2D eigenvalue weighted by atomic mass is 9.46. The zero-order chi connectivity index (χ0) is 18.0. The van der Waals surface area contributed by atoms with Gasteiger partial charge in [-0.05, 0) is 74.2 Å². The third-order valence-electron chi connectivity index (χ3n) is 8.78. The van der Waals surface area contributed by atoms with Gasteiger partial charge in [-0.2, -0.15) is 0 Å². The normalized spacial score (nSPS) is 49.0. The number of carboxylic acids is 1. The Morgan fingerprint density at radius 2 is 1.84 bits per heavy atom. The third kappa shape index (κ3) is 2.03. The second kappa shape index (κ2) is 5.42. The molecule has 0 aromatic carbocycles. The number of carbonyl (C=O) groups is 2. The molecule has 0 amide bonds. The Morgan fingerprint density at radius 1 is 1.12 bits per heavy atom. The van der Waals surface area contributed by atoms with Crippen LogP contribution < -0.4 is 0 Å². The third-order valence-corrected chi connectivity index (χ3v) is 8.78. The summed E-state index contributed by atoms with van der Waals surface area (Å²) < 4.78 is 5.70. The summed E-state index contributed by atoms with van der Waals surface area (Å²) in [5, 5.41) is 9.96. The largest absolute Gasteiger partial charge is 0.479 e. The van der Waals surface area contributed by atoms with E-state index >= 15 is 0 Å². The molecular weight excluding hydrogens is 316 g/mol. The van der Waals surface area contributed by atoms with E-state index in [2.05, 4.69) is 13.8 Å². The highest BCUT2D eigenvalue weighted by Gasteiger charge is 2.67. The maximum absolute atomic E-state index is 12.1. The number of aliphatic carboxylic acids is 1. The van der Waals surface area contributed by atoms with Crippen molar-refractivity contribution in [3.8, 4) is 0 Å². The zero-order valence-electron chi connectivity index (χ0n) is 15.6. The molecule has 0 aromatic rings. The molecule has 0 radical (unpaired) electrons. The van der Waals surface area contributed by atoms with Gasteiger partial charge in [0.15, 0.2) is 11.4 Å². The van der Waals surface area contributed by atoms with E-state index in [1.165, 1.54) is 5.57 Å². The molecule has 0 spiro atoms. The van der Waals surface area contributed by atoms with Crippen molar-refractivity contribution in [1.29, 1.82) is 0 Å². The molecule has 0 aliphatic heterocycles. The van der Waals surface area contributed by atoms with Gasteiger partial charge in [0.05, 0.1) is 0 Å². The number of ketones is 1. The van der Waals surface area contributed by atoms with Gasteiger partial charge in [-0.3, -0.25) is 4.79 Å². The highest BCUT2D eigenvalue weighted by Crippen LogP contribution is 2.68. The van der Waals surface area contributed by atoms with Crippen LogP contribution in [-0.2, 0) is 14.3 Å². The lowest BCUT2D eigenvalue weighted by Gasteiger charge is -2.58. The number of carbonyl (C=O) groups excluding carboxylic acids is 1. The Kier molecular flexibility index (Phi) is 3.74. The molecule has 4 nitrogen and oxygen atoms in total. The van der Waals surface area contributed by atoms with Crippen LogP contribution in [0, 0.1) is 28.6 Å². The van der Waals surface area contributed by atoms with Crippen molar-refractivity contribution in [2.45, 2.75) is 70.8 Å². The summed E-state index contributed by atoms with van der Waals surface area (Å²) in [6, 6.07) is 0. The number of fused-ring (bicyclic) bond motifs is 5. The topological polar surface area (TPSA) is 63.6 Å². The summed E-state index contributed by atoms with van der Waals surface area (Å²) in [7, 11) is 1.57. The number of allylic oxidation sites excluding steroid dienone is 1. The van der Waals surface area contributed by atoms with Gasteiger partial charge in [0, 0.05) is 18.9 Å². The quantitative estimate of drug-likeness (QED) is 0.821. The maximum atomic E-state index is 12.1. The number of ether oxygens (including phenoxy) is 1. The first-order chi connectivity index (χ1) is 11.8. The van der Waals surface area contributed by atoms with Crippen molar-refractivity contribution >= 4 is 11.8 Å². The minimum absolute atomic E-state index is 0.139. The first-order valence-corrected chi connectivity index (χ1v) is 9.81. The van der Waals surface area contributed by atoms with E-state index in [-0.39, 0.29) is 16.6 Å². The molecule has 1 N–H and O–H groups in total. The van der Waals surface area contributed by atoms with Crippen molar-refractivity contribution in [3.63, 3.8) is 0 Å². The van der Waals surface area contributed by atoms with E-state index in [0.717, 1.165) is 38.5 Å². The standard InChI is InChI=1S/C21H30O4/c1-19-9-6-14(22)12-13(19)4-5-15-16(19)7-10-20(2)17(15)8-11-21(20,25-3)18(23)24/h12,15-17H,4-11H2,1-3H3,(H,23,24)/t15-,16+,17+,19+,20+,21+/m1/s1. The SMILES string of the molecule is CO[C@]1(C(=O)O)CC[C@H]2[C@@H]3CCC4=CC(=O)CC[C@]4(C)[C@H]3CC[C@@]21C. The van der Waals surface area contributed by atoms with Crippen LogP contribution in [0.5, 0.6) is 0 Å². The number of methoxy groups -OCH3 is 1. The van der Waals surface area contributed by atoms with Crippen molar-refractivity contribution in [1.82, 2.24) is 0 Å². The molecule has 4 aliphatic rings. The minimum atomic E-state index is -1.03. The molecule has 0 unspecified atom stereocenters. The number of carboxylic acid groups (broad SMARTS) is 1. The van der Waals surface area contributed by atoms with Crippen LogP contribution in [0.15, 0.2) is 11.6 Å². The van der Waals surface area contributed by atoms with Crippen LogP contribution in [0.4, 0.5) is 0 Å². The predicted octanol–water partition coefficient (Wildman–Crippen LogP) is 3.99. The summed E-state index contributed by atoms with van der Waals surface area (Å²) in [6.07, 6.45) is 9.21. The molecule has 4 rings (SSSR count). The van der Waals surface area contributed by atoms with E-state index in [0.29, 0.717) is 30.6 Å². The fourth-order valence-corrected chi connectivity index (χ4v) is 7.33. The lowest BCUT2D eigenvalue weighted by molar-refractivity contribution is -0.188. The van der Waals surface area contributed by atoms with Gasteiger partial charge in [-0.25, -0.2) is 4.79 Å². The van der Waals surface area contributed by atoms with Crippen LogP contribution >= 0.6 is 0 Å². The first kappa shape index (κ1) is 17.3. The first-order valence-electron chi connectivity index (χ1n) is 9.81. The van der Waals surface area contributed by atoms with Gasteiger partial charge in [0.1, 0.15) is 0 Å². The van der Waals surface area contributed by atoms with Crippen LogP contribution in [0.25, 0.3) is 0 Å². The summed E-state index contributed by atoms with van der Waals surface area (Å²) in [4.78, 5) is 24.0. The molecule has 138 valence electrons. The van der Waals surface area contributed by atoms with Crippen LogP contribution in [0.1, 0.15) is 65.2 Å². The molecular formula is C21H30O4. The number of hydrogen-bond donors (Lipinski definition) is 1. The molecule has 0 heterocycles. The van der Waals surface area contributed by atoms with Gasteiger partial charge in [0.2, 0.25) is 0 Å². The monoisotopic (exact) mass is 346 g/mol. The summed E-state index contributed by atoms with van der Waals surface area (Å²) >= 11 is 0. The van der Waals surface area contributed by atoms with Gasteiger partial charge in [-0.15, -0.1) is 0 Å². The summed E-state index contributed by atoms with van der Waals surface area (Å²) in [5.74, 6) is 1.06. The highest BCUT2D eigenvalue weighted by atomic mass is 16.5. The molecule has 4 heteroatoms. The maximum Gasteiger partial charge on any atom is 0.336 e. The van der Waals surface area contributed by atoms with Gasteiger partial charge >= 0.3 is 5.97 Å². The molecule has 4 aliphatic carbocycles. The Balaban J connectivity index is 1.70. The second-order valence-electron chi connectivity index (χ2n) is 9.30. The van der Waals surface area contributed by atoms with Gasteiger partial charge in [0.25, 0.3) is 0 Å². The average molecular weight is 346 g/mol. The Bertz CT molecular complexity index is 652. The molecule has 0 aromatic heterocycles. The van der Waals surface area contributed by atoms with E-state index in [4.69, 9.17) is 4.74 Å². The summed E-state index contributed by atoms with van der Waals surface area (Å²) in [6.45, 7) is 4.52. The Hall–Kier alpha value is -1.16. The van der Waals surface area contributed by atoms with Crippen molar-refractivity contribution < 1.29 is 19.4 Å². The highest BCUT2D eigenvalue weighted by molar-refractivity contribution is 5.91. The molecule has 6 atom stereocenters.